The van der Waals surface area contributed by atoms with Gasteiger partial charge >= 0.3 is 5.97 Å². The molecule has 1 N–H and O–H groups in total. The highest BCUT2D eigenvalue weighted by Gasteiger charge is 2.21. The van der Waals surface area contributed by atoms with E-state index in [4.69, 9.17) is 9.52 Å². The van der Waals surface area contributed by atoms with Crippen LogP contribution in [-0.2, 0) is 0 Å². The molecule has 86 valence electrons. The van der Waals surface area contributed by atoms with Gasteiger partial charge in [-0.3, -0.25) is 4.79 Å². The van der Waals surface area contributed by atoms with Gasteiger partial charge in [0.05, 0.1) is 6.26 Å². The Balaban J connectivity index is 2.44. The fourth-order valence-electron chi connectivity index (χ4n) is 1.41. The van der Waals surface area contributed by atoms with Gasteiger partial charge in [-0.05, 0) is 18.2 Å². The number of carbonyl (C=O) groups excluding carboxylic acids is 1. The van der Waals surface area contributed by atoms with E-state index in [1.165, 1.54) is 24.3 Å². The minimum Gasteiger partial charge on any atom is -0.478 e. The van der Waals surface area contributed by atoms with Crippen molar-refractivity contribution in [2.24, 2.45) is 0 Å². The molecule has 17 heavy (non-hydrogen) atoms. The molecule has 1 aromatic heterocycles. The van der Waals surface area contributed by atoms with E-state index >= 15 is 0 Å². The molecule has 0 radical (unpaired) electrons. The lowest BCUT2D eigenvalue weighted by Crippen LogP contribution is -2.07. The summed E-state index contributed by atoms with van der Waals surface area (Å²) in [5.41, 5.74) is -0.193. The number of carbonyl (C=O) groups is 2. The van der Waals surface area contributed by atoms with Crippen LogP contribution in [0.15, 0.2) is 41.0 Å². The molecule has 4 nitrogen and oxygen atoms in total. The summed E-state index contributed by atoms with van der Waals surface area (Å²) in [7, 11) is 0. The number of aromatic carboxylic acids is 1. The summed E-state index contributed by atoms with van der Waals surface area (Å²) in [4.78, 5) is 22.7. The molecule has 0 unspecified atom stereocenters. The van der Waals surface area contributed by atoms with Crippen LogP contribution in [-0.4, -0.2) is 16.9 Å². The molecule has 1 heterocycles. The van der Waals surface area contributed by atoms with Gasteiger partial charge in [-0.1, -0.05) is 12.1 Å². The molecule has 5 heteroatoms. The van der Waals surface area contributed by atoms with E-state index in [1.807, 2.05) is 0 Å². The Kier molecular flexibility index (Phi) is 2.74. The highest BCUT2D eigenvalue weighted by Crippen LogP contribution is 2.16. The minimum atomic E-state index is -1.27. The predicted molar refractivity (Wildman–Crippen MR) is 55.5 cm³/mol. The van der Waals surface area contributed by atoms with Crippen molar-refractivity contribution in [2.45, 2.75) is 0 Å². The molecule has 0 aliphatic rings. The quantitative estimate of drug-likeness (QED) is 0.827. The van der Waals surface area contributed by atoms with Gasteiger partial charge in [-0.15, -0.1) is 0 Å². The van der Waals surface area contributed by atoms with E-state index in [0.717, 1.165) is 12.3 Å². The predicted octanol–water partition coefficient (Wildman–Crippen LogP) is 2.35. The Morgan fingerprint density at radius 2 is 2.00 bits per heavy atom. The maximum absolute atomic E-state index is 12.9. The van der Waals surface area contributed by atoms with Crippen LogP contribution in [0.1, 0.15) is 26.5 Å². The van der Waals surface area contributed by atoms with Crippen molar-refractivity contribution in [1.82, 2.24) is 0 Å². The standard InChI is InChI=1S/C12H7FO4/c13-8-3-1-2-7(6-8)10(14)11-9(12(15)16)4-5-17-11/h1-6H,(H,15,16). The monoisotopic (exact) mass is 234 g/mol. The molecule has 1 aromatic carbocycles. The molecule has 0 aliphatic carbocycles. The van der Waals surface area contributed by atoms with E-state index in [1.54, 1.807) is 0 Å². The van der Waals surface area contributed by atoms with Crippen molar-refractivity contribution in [1.29, 1.82) is 0 Å². The summed E-state index contributed by atoms with van der Waals surface area (Å²) in [5.74, 6) is -2.80. The Hall–Kier alpha value is -2.43. The highest BCUT2D eigenvalue weighted by molar-refractivity contribution is 6.12. The van der Waals surface area contributed by atoms with Crippen molar-refractivity contribution in [3.63, 3.8) is 0 Å². The second kappa shape index (κ2) is 4.21. The molecule has 0 atom stereocenters. The minimum absolute atomic E-state index is 0.0439. The maximum Gasteiger partial charge on any atom is 0.339 e. The van der Waals surface area contributed by atoms with Gasteiger partial charge < -0.3 is 9.52 Å². The summed E-state index contributed by atoms with van der Waals surface area (Å²) in [6.45, 7) is 0. The molecule has 2 aromatic rings. The Morgan fingerprint density at radius 1 is 1.24 bits per heavy atom. The third-order valence-electron chi connectivity index (χ3n) is 2.19. The molecular weight excluding hydrogens is 227 g/mol. The number of furan rings is 1. The molecule has 0 bridgehead atoms. The first-order valence-electron chi connectivity index (χ1n) is 4.70. The lowest BCUT2D eigenvalue weighted by Gasteiger charge is -1.99. The molecular formula is C12H7FO4. The fraction of sp³-hybridized carbons (Fsp3) is 0. The Bertz CT molecular complexity index is 586. The normalized spacial score (nSPS) is 10.2. The van der Waals surface area contributed by atoms with E-state index in [9.17, 15) is 14.0 Å². The number of halogens is 1. The van der Waals surface area contributed by atoms with Crippen LogP contribution in [0.3, 0.4) is 0 Å². The number of carboxylic acid groups (broad SMARTS) is 1. The summed E-state index contributed by atoms with van der Waals surface area (Å²) in [5, 5.41) is 8.82. The molecule has 0 amide bonds. The number of benzene rings is 1. The van der Waals surface area contributed by atoms with Crippen molar-refractivity contribution in [3.8, 4) is 0 Å². The van der Waals surface area contributed by atoms with Crippen LogP contribution in [0.25, 0.3) is 0 Å². The van der Waals surface area contributed by atoms with Crippen molar-refractivity contribution < 1.29 is 23.5 Å². The average molecular weight is 234 g/mol. The van der Waals surface area contributed by atoms with E-state index in [0.29, 0.717) is 0 Å². The zero-order valence-corrected chi connectivity index (χ0v) is 8.51. The van der Waals surface area contributed by atoms with Crippen LogP contribution < -0.4 is 0 Å². The zero-order valence-electron chi connectivity index (χ0n) is 8.51. The average Bonchev–Trinajstić information content (AvgIpc) is 2.77. The second-order valence-corrected chi connectivity index (χ2v) is 3.31. The Labute approximate surface area is 95.3 Å². The van der Waals surface area contributed by atoms with Crippen LogP contribution in [0.5, 0.6) is 0 Å². The fourth-order valence-corrected chi connectivity index (χ4v) is 1.41. The highest BCUT2D eigenvalue weighted by atomic mass is 19.1. The second-order valence-electron chi connectivity index (χ2n) is 3.31. The summed E-state index contributed by atoms with van der Waals surface area (Å²) in [6.07, 6.45) is 1.11. The van der Waals surface area contributed by atoms with Gasteiger partial charge in [0, 0.05) is 5.56 Å². The summed E-state index contributed by atoms with van der Waals surface area (Å²) < 4.78 is 17.8. The number of rotatable bonds is 3. The molecule has 0 fully saturated rings. The van der Waals surface area contributed by atoms with Gasteiger partial charge in [-0.2, -0.15) is 0 Å². The Morgan fingerprint density at radius 3 is 2.65 bits per heavy atom. The van der Waals surface area contributed by atoms with Crippen molar-refractivity contribution in [3.05, 3.63) is 59.3 Å². The van der Waals surface area contributed by atoms with Gasteiger partial charge in [0.25, 0.3) is 0 Å². The van der Waals surface area contributed by atoms with Gasteiger partial charge in [0.15, 0.2) is 5.76 Å². The van der Waals surface area contributed by atoms with Crippen molar-refractivity contribution in [2.75, 3.05) is 0 Å². The largest absolute Gasteiger partial charge is 0.478 e. The van der Waals surface area contributed by atoms with E-state index < -0.39 is 17.6 Å². The number of carboxylic acids is 1. The maximum atomic E-state index is 12.9. The third-order valence-corrected chi connectivity index (χ3v) is 2.19. The van der Waals surface area contributed by atoms with Crippen LogP contribution in [0, 0.1) is 5.82 Å². The van der Waals surface area contributed by atoms with Gasteiger partial charge in [0.2, 0.25) is 5.78 Å². The zero-order chi connectivity index (χ0) is 12.4. The van der Waals surface area contributed by atoms with Crippen LogP contribution in [0.4, 0.5) is 4.39 Å². The first kappa shape index (κ1) is 11.1. The molecule has 0 spiro atoms. The van der Waals surface area contributed by atoms with Crippen LogP contribution >= 0.6 is 0 Å². The smallest absolute Gasteiger partial charge is 0.339 e. The number of ketones is 1. The summed E-state index contributed by atoms with van der Waals surface area (Å²) >= 11 is 0. The van der Waals surface area contributed by atoms with E-state index in [-0.39, 0.29) is 16.9 Å². The SMILES string of the molecule is O=C(O)c1ccoc1C(=O)c1cccc(F)c1. The summed E-state index contributed by atoms with van der Waals surface area (Å²) in [6, 6.07) is 6.15. The lowest BCUT2D eigenvalue weighted by atomic mass is 10.1. The van der Waals surface area contributed by atoms with Crippen molar-refractivity contribution >= 4 is 11.8 Å². The van der Waals surface area contributed by atoms with E-state index in [2.05, 4.69) is 0 Å². The number of hydrogen-bond acceptors (Lipinski definition) is 3. The van der Waals surface area contributed by atoms with Gasteiger partial charge in [-0.25, -0.2) is 9.18 Å². The topological polar surface area (TPSA) is 67.5 Å². The number of hydrogen-bond donors (Lipinski definition) is 1. The van der Waals surface area contributed by atoms with Gasteiger partial charge in [0.1, 0.15) is 11.4 Å². The first-order valence-corrected chi connectivity index (χ1v) is 4.70. The molecule has 0 aliphatic heterocycles. The molecule has 0 saturated heterocycles. The molecule has 2 rings (SSSR count). The first-order chi connectivity index (χ1) is 8.09. The molecule has 0 saturated carbocycles. The lowest BCUT2D eigenvalue weighted by molar-refractivity contribution is 0.0690. The van der Waals surface area contributed by atoms with Crippen LogP contribution in [0.2, 0.25) is 0 Å². The third kappa shape index (κ3) is 2.08.